The van der Waals surface area contributed by atoms with Gasteiger partial charge in [-0.2, -0.15) is 0 Å². The molecule has 0 atom stereocenters. The molecule has 2 aliphatic rings. The number of hydrogen-bond donors (Lipinski definition) is 0. The fourth-order valence-electron chi connectivity index (χ4n) is 15.9. The monoisotopic (exact) mass is 1320 g/mol. The van der Waals surface area contributed by atoms with E-state index in [2.05, 4.69) is 334 Å². The van der Waals surface area contributed by atoms with Crippen molar-refractivity contribution >= 4 is 34.1 Å². The quantitative estimate of drug-likeness (QED) is 0.0451. The predicted molar refractivity (Wildman–Crippen MR) is 434 cm³/mol. The van der Waals surface area contributed by atoms with Crippen LogP contribution in [0.3, 0.4) is 0 Å². The lowest BCUT2D eigenvalue weighted by atomic mass is 9.67. The van der Waals surface area contributed by atoms with Gasteiger partial charge in [0.15, 0.2) is 0 Å². The summed E-state index contributed by atoms with van der Waals surface area (Å²) in [5.74, 6) is 0. The lowest BCUT2D eigenvalue weighted by Gasteiger charge is -2.34. The van der Waals surface area contributed by atoms with Crippen LogP contribution in [0.1, 0.15) is 221 Å². The van der Waals surface area contributed by atoms with Crippen molar-refractivity contribution in [2.75, 3.05) is 9.80 Å². The second-order valence-corrected chi connectivity index (χ2v) is 29.2. The zero-order chi connectivity index (χ0) is 69.9. The van der Waals surface area contributed by atoms with E-state index in [1.54, 1.807) is 11.1 Å². The Morgan fingerprint density at radius 1 is 0.240 bits per heavy atom. The van der Waals surface area contributed by atoms with Crippen LogP contribution < -0.4 is 9.80 Å². The van der Waals surface area contributed by atoms with Crippen LogP contribution in [0.15, 0.2) is 255 Å². The van der Waals surface area contributed by atoms with Gasteiger partial charge in [-0.25, -0.2) is 0 Å². The molecule has 0 saturated heterocycles. The molecule has 0 fully saturated rings. The molecule has 13 rings (SSSR count). The minimum Gasteiger partial charge on any atom is -0.311 e. The van der Waals surface area contributed by atoms with Crippen molar-refractivity contribution in [3.05, 3.63) is 333 Å². The van der Waals surface area contributed by atoms with Gasteiger partial charge in [-0.15, -0.1) is 0 Å². The number of aryl methyl sites for hydroxylation is 8. The molecule has 11 aromatic carbocycles. The van der Waals surface area contributed by atoms with Crippen LogP contribution in [0.4, 0.5) is 34.1 Å². The van der Waals surface area contributed by atoms with Gasteiger partial charge in [0.05, 0.1) is 5.41 Å². The second-order valence-electron chi connectivity index (χ2n) is 29.2. The van der Waals surface area contributed by atoms with Gasteiger partial charge in [-0.3, -0.25) is 0 Å². The number of benzene rings is 11. The highest BCUT2D eigenvalue weighted by Crippen LogP contribution is 2.57. The molecule has 2 aliphatic carbocycles. The molecule has 0 unspecified atom stereocenters. The van der Waals surface area contributed by atoms with Crippen molar-refractivity contribution < 1.29 is 0 Å². The van der Waals surface area contributed by atoms with Gasteiger partial charge in [0.1, 0.15) is 0 Å². The highest BCUT2D eigenvalue weighted by atomic mass is 15.2. The largest absolute Gasteiger partial charge is 0.311 e. The summed E-state index contributed by atoms with van der Waals surface area (Å²) in [6.07, 6.45) is 26.4. The molecular weight excluding hydrogens is 1210 g/mol. The van der Waals surface area contributed by atoms with Crippen molar-refractivity contribution in [3.63, 3.8) is 0 Å². The van der Waals surface area contributed by atoms with Crippen molar-refractivity contribution in [2.45, 2.75) is 208 Å². The molecule has 0 bridgehead atoms. The Balaban J connectivity index is 0.000000155. The Bertz CT molecular complexity index is 4050. The SMILES string of the molecule is CCCCCCCCC1(CCCCCCCC)c2cc(C)ccc2-c2ccc(C)cc21.CCCCc1ccc(N(c2ccc(C)cc2)c2ccc(N(c3ccc(C)cc3)c3ccc(CCCC)cc3)cc2)cc1.Cc1ccc2c(c1)C(c1ccccc1)(c1ccccc1)c1cc(C)ccc1-2. The lowest BCUT2D eigenvalue weighted by molar-refractivity contribution is 0.397. The molecule has 0 aliphatic heterocycles. The molecular formula is C98H112N2. The van der Waals surface area contributed by atoms with Gasteiger partial charge in [0.25, 0.3) is 0 Å². The molecule has 0 amide bonds. The van der Waals surface area contributed by atoms with E-state index in [-0.39, 0.29) is 10.8 Å². The third-order valence-electron chi connectivity index (χ3n) is 21.4. The third kappa shape index (κ3) is 16.7. The van der Waals surface area contributed by atoms with Crippen LogP contribution in [0.2, 0.25) is 0 Å². The highest BCUT2D eigenvalue weighted by molar-refractivity contribution is 5.87. The second kappa shape index (κ2) is 34.9. The number of unbranched alkanes of at least 4 members (excludes halogenated alkanes) is 12. The topological polar surface area (TPSA) is 6.48 Å². The minimum absolute atomic E-state index is 0.234. The Morgan fingerprint density at radius 3 is 0.820 bits per heavy atom. The Labute approximate surface area is 603 Å². The zero-order valence-electron chi connectivity index (χ0n) is 62.3. The summed E-state index contributed by atoms with van der Waals surface area (Å²) in [6, 6.07) is 95.0. The van der Waals surface area contributed by atoms with E-state index in [0.717, 1.165) is 35.6 Å². The molecule has 2 nitrogen and oxygen atoms in total. The van der Waals surface area contributed by atoms with Gasteiger partial charge < -0.3 is 9.80 Å². The summed E-state index contributed by atoms with van der Waals surface area (Å²) < 4.78 is 0. The Hall–Kier alpha value is -8.98. The molecule has 0 spiro atoms. The van der Waals surface area contributed by atoms with Gasteiger partial charge >= 0.3 is 0 Å². The summed E-state index contributed by atoms with van der Waals surface area (Å²) in [4.78, 5) is 4.71. The minimum atomic E-state index is -0.273. The molecule has 0 saturated carbocycles. The summed E-state index contributed by atoms with van der Waals surface area (Å²) in [7, 11) is 0. The fourth-order valence-corrected chi connectivity index (χ4v) is 15.9. The van der Waals surface area contributed by atoms with Gasteiger partial charge in [-0.1, -0.05) is 333 Å². The average molecular weight is 1320 g/mol. The molecule has 0 radical (unpaired) electrons. The van der Waals surface area contributed by atoms with Gasteiger partial charge in [0.2, 0.25) is 0 Å². The smallest absolute Gasteiger partial charge is 0.0713 e. The van der Waals surface area contributed by atoms with Crippen LogP contribution in [0.25, 0.3) is 22.3 Å². The number of nitrogens with zero attached hydrogens (tertiary/aromatic N) is 2. The first-order chi connectivity index (χ1) is 48.9. The molecule has 0 N–H and O–H groups in total. The highest BCUT2D eigenvalue weighted by Gasteiger charge is 2.46. The lowest BCUT2D eigenvalue weighted by Crippen LogP contribution is -2.28. The molecule has 0 aromatic heterocycles. The van der Waals surface area contributed by atoms with Crippen LogP contribution in [0, 0.1) is 41.5 Å². The maximum atomic E-state index is 2.53. The van der Waals surface area contributed by atoms with Crippen LogP contribution in [0.5, 0.6) is 0 Å². The van der Waals surface area contributed by atoms with E-state index < -0.39 is 0 Å². The predicted octanol–water partition coefficient (Wildman–Crippen LogP) is 28.7. The Morgan fingerprint density at radius 2 is 0.500 bits per heavy atom. The van der Waals surface area contributed by atoms with E-state index in [1.807, 2.05) is 0 Å². The van der Waals surface area contributed by atoms with E-state index in [9.17, 15) is 0 Å². The number of fused-ring (bicyclic) bond motifs is 6. The standard InChI is InChI=1S/C40H44N2.C31H46.C27H22/c1-5-7-9-33-15-23-37(24-16-33)41(35-19-11-31(3)12-20-35)39-27-29-40(30-28-39)42(36-21-13-32(4)14-22-36)38-25-17-34(18-26-38)10-8-6-2;1-5-7-9-11-13-15-21-31(22-16-14-12-10-8-6-2)29-23-25(3)17-19-27(29)28-20-18-26(4)24-30(28)31;1-19-13-15-23-24-16-14-20(2)18-26(24)27(25(23)17-19,21-9-5-3-6-10-21)22-11-7-4-8-12-22/h11-30H,5-10H2,1-4H3;17-20,23-24H,5-16,21-22H2,1-4H3;3-18H,1-2H3. The molecule has 11 aromatic rings. The average Bonchev–Trinajstić information content (AvgIpc) is 1.55. The first-order valence-corrected chi connectivity index (χ1v) is 38.5. The number of rotatable bonds is 28. The van der Waals surface area contributed by atoms with E-state index in [0.29, 0.717) is 0 Å². The van der Waals surface area contributed by atoms with Crippen LogP contribution >= 0.6 is 0 Å². The fraction of sp³-hybridized carbons (Fsp3) is 0.327. The number of anilines is 6. The molecule has 0 heterocycles. The third-order valence-corrected chi connectivity index (χ3v) is 21.4. The first kappa shape index (κ1) is 72.3. The first-order valence-electron chi connectivity index (χ1n) is 38.5. The van der Waals surface area contributed by atoms with E-state index in [4.69, 9.17) is 0 Å². The van der Waals surface area contributed by atoms with Crippen molar-refractivity contribution in [1.82, 2.24) is 0 Å². The zero-order valence-corrected chi connectivity index (χ0v) is 62.3. The van der Waals surface area contributed by atoms with Crippen LogP contribution in [-0.4, -0.2) is 0 Å². The van der Waals surface area contributed by atoms with E-state index in [1.165, 1.54) is 216 Å². The Kier molecular flexibility index (Phi) is 25.2. The normalized spacial score (nSPS) is 12.7. The van der Waals surface area contributed by atoms with Gasteiger partial charge in [-0.05, 0) is 220 Å². The van der Waals surface area contributed by atoms with Crippen molar-refractivity contribution in [2.24, 2.45) is 0 Å². The summed E-state index contributed by atoms with van der Waals surface area (Å²) in [5.41, 5.74) is 32.1. The summed E-state index contributed by atoms with van der Waals surface area (Å²) >= 11 is 0. The van der Waals surface area contributed by atoms with Gasteiger partial charge in [0, 0.05) is 39.5 Å². The van der Waals surface area contributed by atoms with Crippen molar-refractivity contribution in [3.8, 4) is 22.3 Å². The summed E-state index contributed by atoms with van der Waals surface area (Å²) in [5, 5.41) is 0. The molecule has 514 valence electrons. The van der Waals surface area contributed by atoms with E-state index >= 15 is 0 Å². The molecule has 2 heteroatoms. The molecule has 100 heavy (non-hydrogen) atoms. The maximum Gasteiger partial charge on any atom is 0.0713 e. The van der Waals surface area contributed by atoms with Crippen LogP contribution in [-0.2, 0) is 23.7 Å². The van der Waals surface area contributed by atoms with Crippen molar-refractivity contribution in [1.29, 1.82) is 0 Å². The maximum absolute atomic E-state index is 2.53. The summed E-state index contributed by atoms with van der Waals surface area (Å²) in [6.45, 7) is 22.3. The number of hydrogen-bond acceptors (Lipinski definition) is 2.